The number of nitrogens with one attached hydrogen (secondary N) is 1. The topological polar surface area (TPSA) is 71.3 Å². The first kappa shape index (κ1) is 19.4. The summed E-state index contributed by atoms with van der Waals surface area (Å²) in [6.07, 6.45) is 2.39. The fourth-order valence-corrected chi connectivity index (χ4v) is 3.71. The molecule has 1 aliphatic rings. The van der Waals surface area contributed by atoms with Crippen LogP contribution in [0, 0.1) is 11.7 Å². The van der Waals surface area contributed by atoms with Crippen molar-refractivity contribution in [1.82, 2.24) is 15.0 Å². The number of benzene rings is 2. The number of carbonyl (C=O) groups is 1. The highest BCUT2D eigenvalue weighted by atomic mass is 35.5. The van der Waals surface area contributed by atoms with Gasteiger partial charge in [0, 0.05) is 30.2 Å². The van der Waals surface area contributed by atoms with E-state index in [-0.39, 0.29) is 23.6 Å². The zero-order valence-electron chi connectivity index (χ0n) is 15.6. The molecule has 2 heterocycles. The second-order valence-corrected chi connectivity index (χ2v) is 7.53. The number of piperidine rings is 1. The van der Waals surface area contributed by atoms with E-state index in [0.29, 0.717) is 41.7 Å². The third-order valence-electron chi connectivity index (χ3n) is 4.93. The van der Waals surface area contributed by atoms with Crippen LogP contribution >= 0.6 is 11.6 Å². The summed E-state index contributed by atoms with van der Waals surface area (Å²) in [6, 6.07) is 13.2. The molecule has 0 spiro atoms. The lowest BCUT2D eigenvalue weighted by atomic mass is 9.95. The van der Waals surface area contributed by atoms with Crippen LogP contribution in [0.25, 0.3) is 11.4 Å². The summed E-state index contributed by atoms with van der Waals surface area (Å²) in [7, 11) is 0. The van der Waals surface area contributed by atoms with Gasteiger partial charge in [0.1, 0.15) is 5.82 Å². The summed E-state index contributed by atoms with van der Waals surface area (Å²) >= 11 is 5.97. The van der Waals surface area contributed by atoms with Crippen LogP contribution in [0.15, 0.2) is 53.1 Å². The maximum Gasteiger partial charge on any atom is 0.321 e. The van der Waals surface area contributed by atoms with Crippen molar-refractivity contribution in [2.24, 2.45) is 5.92 Å². The Balaban J connectivity index is 1.38. The lowest BCUT2D eigenvalue weighted by Gasteiger charge is -2.32. The van der Waals surface area contributed by atoms with Gasteiger partial charge in [-0.1, -0.05) is 35.0 Å². The molecule has 1 fully saturated rings. The quantitative estimate of drug-likeness (QED) is 0.651. The van der Waals surface area contributed by atoms with Gasteiger partial charge in [-0.25, -0.2) is 9.18 Å². The van der Waals surface area contributed by atoms with E-state index in [1.165, 1.54) is 6.07 Å². The Morgan fingerprint density at radius 2 is 2.14 bits per heavy atom. The first-order valence-corrected chi connectivity index (χ1v) is 9.85. The molecule has 3 aromatic rings. The van der Waals surface area contributed by atoms with Crippen LogP contribution in [-0.2, 0) is 6.42 Å². The molecule has 0 saturated carbocycles. The molecule has 8 heteroatoms. The summed E-state index contributed by atoms with van der Waals surface area (Å²) in [5, 5.41) is 7.35. The van der Waals surface area contributed by atoms with E-state index in [9.17, 15) is 9.18 Å². The minimum absolute atomic E-state index is 0.158. The average Bonchev–Trinajstić information content (AvgIpc) is 3.17. The molecule has 1 aliphatic heterocycles. The Labute approximate surface area is 172 Å². The Bertz CT molecular complexity index is 1010. The molecule has 0 bridgehead atoms. The van der Waals surface area contributed by atoms with Crippen molar-refractivity contribution in [2.75, 3.05) is 18.4 Å². The first-order chi connectivity index (χ1) is 14.1. The Hall–Kier alpha value is -2.93. The van der Waals surface area contributed by atoms with Gasteiger partial charge < -0.3 is 14.7 Å². The highest BCUT2D eigenvalue weighted by molar-refractivity contribution is 6.30. The highest BCUT2D eigenvalue weighted by Crippen LogP contribution is 2.24. The van der Waals surface area contributed by atoms with Crippen LogP contribution in [0.5, 0.6) is 0 Å². The number of likely N-dealkylation sites (tertiary alicyclic amines) is 1. The summed E-state index contributed by atoms with van der Waals surface area (Å²) in [5.41, 5.74) is 0.977. The highest BCUT2D eigenvalue weighted by Gasteiger charge is 2.26. The summed E-state index contributed by atoms with van der Waals surface area (Å²) < 4.78 is 19.2. The normalized spacial score (nSPS) is 16.6. The van der Waals surface area contributed by atoms with Crippen molar-refractivity contribution in [1.29, 1.82) is 0 Å². The Morgan fingerprint density at radius 3 is 2.97 bits per heavy atom. The molecule has 4 rings (SSSR count). The number of nitrogens with zero attached hydrogens (tertiary/aromatic N) is 3. The maximum absolute atomic E-state index is 13.9. The minimum atomic E-state index is -0.388. The molecule has 29 heavy (non-hydrogen) atoms. The molecule has 150 valence electrons. The standard InChI is InChI=1S/C21H20ClFN4O2/c22-15-6-3-7-16(12-15)24-21(28)27-10-4-5-14(13-27)11-19-25-20(26-29-19)17-8-1-2-9-18(17)23/h1-3,6-9,12,14H,4-5,10-11,13H2,(H,24,28). The number of aromatic nitrogens is 2. The predicted octanol–water partition coefficient (Wildman–Crippen LogP) is 5.02. The fourth-order valence-electron chi connectivity index (χ4n) is 3.52. The maximum atomic E-state index is 13.9. The molecule has 6 nitrogen and oxygen atoms in total. The summed E-state index contributed by atoms with van der Waals surface area (Å²) in [4.78, 5) is 18.7. The minimum Gasteiger partial charge on any atom is -0.339 e. The third kappa shape index (κ3) is 4.74. The van der Waals surface area contributed by atoms with E-state index in [1.807, 2.05) is 0 Å². The Morgan fingerprint density at radius 1 is 1.28 bits per heavy atom. The zero-order valence-corrected chi connectivity index (χ0v) is 16.4. The van der Waals surface area contributed by atoms with Gasteiger partial charge in [0.25, 0.3) is 0 Å². The molecule has 1 saturated heterocycles. The number of rotatable bonds is 4. The molecule has 2 amide bonds. The lowest BCUT2D eigenvalue weighted by molar-refractivity contribution is 0.173. The van der Waals surface area contributed by atoms with Gasteiger partial charge in [0.05, 0.1) is 5.56 Å². The smallest absolute Gasteiger partial charge is 0.321 e. The van der Waals surface area contributed by atoms with Crippen molar-refractivity contribution >= 4 is 23.3 Å². The molecule has 0 radical (unpaired) electrons. The van der Waals surface area contributed by atoms with Crippen LogP contribution in [-0.4, -0.2) is 34.2 Å². The number of hydrogen-bond acceptors (Lipinski definition) is 4. The molecule has 0 aliphatic carbocycles. The SMILES string of the molecule is O=C(Nc1cccc(Cl)c1)N1CCCC(Cc2nc(-c3ccccc3F)no2)C1. The Kier molecular flexibility index (Phi) is 5.76. The second kappa shape index (κ2) is 8.61. The lowest BCUT2D eigenvalue weighted by Crippen LogP contribution is -2.42. The van der Waals surface area contributed by atoms with E-state index in [4.69, 9.17) is 16.1 Å². The molecule has 1 N–H and O–H groups in total. The van der Waals surface area contributed by atoms with Gasteiger partial charge in [-0.3, -0.25) is 0 Å². The van der Waals surface area contributed by atoms with E-state index in [1.54, 1.807) is 47.4 Å². The monoisotopic (exact) mass is 414 g/mol. The number of urea groups is 1. The molecule has 1 unspecified atom stereocenters. The van der Waals surface area contributed by atoms with Gasteiger partial charge >= 0.3 is 6.03 Å². The van der Waals surface area contributed by atoms with E-state index in [2.05, 4.69) is 15.5 Å². The first-order valence-electron chi connectivity index (χ1n) is 9.47. The van der Waals surface area contributed by atoms with Crippen molar-refractivity contribution in [3.63, 3.8) is 0 Å². The summed E-state index contributed by atoms with van der Waals surface area (Å²) in [5.74, 6) is 0.499. The van der Waals surface area contributed by atoms with Gasteiger partial charge in [-0.2, -0.15) is 4.98 Å². The van der Waals surface area contributed by atoms with Crippen LogP contribution in [0.4, 0.5) is 14.9 Å². The third-order valence-corrected chi connectivity index (χ3v) is 5.16. The van der Waals surface area contributed by atoms with Crippen molar-refractivity contribution in [3.8, 4) is 11.4 Å². The zero-order chi connectivity index (χ0) is 20.2. The summed E-state index contributed by atoms with van der Waals surface area (Å²) in [6.45, 7) is 1.27. The van der Waals surface area contributed by atoms with E-state index >= 15 is 0 Å². The van der Waals surface area contributed by atoms with Gasteiger partial charge in [0.2, 0.25) is 11.7 Å². The van der Waals surface area contributed by atoms with Crippen LogP contribution in [0.2, 0.25) is 5.02 Å². The van der Waals surface area contributed by atoms with Crippen molar-refractivity contribution in [2.45, 2.75) is 19.3 Å². The van der Waals surface area contributed by atoms with Crippen LogP contribution in [0.1, 0.15) is 18.7 Å². The second-order valence-electron chi connectivity index (χ2n) is 7.09. The van der Waals surface area contributed by atoms with Crippen LogP contribution in [0.3, 0.4) is 0 Å². The largest absolute Gasteiger partial charge is 0.339 e. The predicted molar refractivity (Wildman–Crippen MR) is 108 cm³/mol. The fraction of sp³-hybridized carbons (Fsp3) is 0.286. The number of carbonyl (C=O) groups excluding carboxylic acids is 1. The van der Waals surface area contributed by atoms with Gasteiger partial charge in [0.15, 0.2) is 0 Å². The van der Waals surface area contributed by atoms with E-state index in [0.717, 1.165) is 12.8 Å². The number of anilines is 1. The number of halogens is 2. The van der Waals surface area contributed by atoms with Gasteiger partial charge in [-0.05, 0) is 49.1 Å². The molecular formula is C21H20ClFN4O2. The molecular weight excluding hydrogens is 395 g/mol. The van der Waals surface area contributed by atoms with E-state index < -0.39 is 0 Å². The molecule has 2 aromatic carbocycles. The van der Waals surface area contributed by atoms with Crippen molar-refractivity contribution in [3.05, 3.63) is 65.3 Å². The molecule has 1 aromatic heterocycles. The molecule has 1 atom stereocenters. The average molecular weight is 415 g/mol. The number of amides is 2. The number of hydrogen-bond donors (Lipinski definition) is 1. The van der Waals surface area contributed by atoms with Crippen molar-refractivity contribution < 1.29 is 13.7 Å². The van der Waals surface area contributed by atoms with Crippen LogP contribution < -0.4 is 5.32 Å². The van der Waals surface area contributed by atoms with Gasteiger partial charge in [-0.15, -0.1) is 0 Å².